The fourth-order valence-electron chi connectivity index (χ4n) is 2.90. The Labute approximate surface area is 124 Å². The monoisotopic (exact) mass is 284 g/mol. The molecule has 20 heavy (non-hydrogen) atoms. The van der Waals surface area contributed by atoms with Crippen LogP contribution in [0.2, 0.25) is 0 Å². The fourth-order valence-corrected chi connectivity index (χ4v) is 2.90. The maximum absolute atomic E-state index is 12.5. The minimum absolute atomic E-state index is 0.0878. The smallest absolute Gasteiger partial charge is 0.327 e. The van der Waals surface area contributed by atoms with Gasteiger partial charge in [-0.3, -0.25) is 4.90 Å². The average molecular weight is 284 g/mol. The average Bonchev–Trinajstić information content (AvgIpc) is 3.31. The highest BCUT2D eigenvalue weighted by Gasteiger charge is 2.52. The van der Waals surface area contributed by atoms with E-state index in [0.29, 0.717) is 12.0 Å². The first-order valence-electron chi connectivity index (χ1n) is 8.13. The molecule has 1 aliphatic rings. The molecule has 0 aliphatic heterocycles. The third-order valence-corrected chi connectivity index (χ3v) is 4.59. The van der Waals surface area contributed by atoms with Gasteiger partial charge in [0.2, 0.25) is 0 Å². The van der Waals surface area contributed by atoms with Crippen molar-refractivity contribution < 1.29 is 9.53 Å². The molecule has 0 radical (unpaired) electrons. The highest BCUT2D eigenvalue weighted by atomic mass is 16.5. The van der Waals surface area contributed by atoms with Crippen LogP contribution in [0.3, 0.4) is 0 Å². The van der Waals surface area contributed by atoms with Crippen molar-refractivity contribution in [2.24, 2.45) is 5.92 Å². The van der Waals surface area contributed by atoms with Gasteiger partial charge in [0.1, 0.15) is 5.54 Å². The van der Waals surface area contributed by atoms with Crippen molar-refractivity contribution in [2.75, 3.05) is 26.7 Å². The third kappa shape index (κ3) is 3.95. The second-order valence-corrected chi connectivity index (χ2v) is 5.98. The van der Waals surface area contributed by atoms with E-state index in [2.05, 4.69) is 37.9 Å². The van der Waals surface area contributed by atoms with E-state index in [1.807, 2.05) is 0 Å². The summed E-state index contributed by atoms with van der Waals surface area (Å²) in [7, 11) is 1.51. The topological polar surface area (TPSA) is 41.6 Å². The van der Waals surface area contributed by atoms with E-state index in [0.717, 1.165) is 45.3 Å². The van der Waals surface area contributed by atoms with E-state index in [1.165, 1.54) is 7.11 Å². The van der Waals surface area contributed by atoms with Crippen LogP contribution < -0.4 is 5.32 Å². The molecule has 4 heteroatoms. The van der Waals surface area contributed by atoms with Crippen LogP contribution in [-0.2, 0) is 9.53 Å². The maximum Gasteiger partial charge on any atom is 0.327 e. The van der Waals surface area contributed by atoms with Crippen molar-refractivity contribution in [3.63, 3.8) is 0 Å². The number of carbonyl (C=O) groups is 1. The van der Waals surface area contributed by atoms with Gasteiger partial charge in [-0.25, -0.2) is 4.79 Å². The first-order valence-corrected chi connectivity index (χ1v) is 8.13. The molecule has 1 rings (SSSR count). The van der Waals surface area contributed by atoms with Crippen LogP contribution in [-0.4, -0.2) is 49.2 Å². The summed E-state index contributed by atoms with van der Waals surface area (Å²) in [4.78, 5) is 14.9. The van der Waals surface area contributed by atoms with Crippen molar-refractivity contribution in [3.05, 3.63) is 0 Å². The molecule has 1 fully saturated rings. The number of rotatable bonds is 10. The lowest BCUT2D eigenvalue weighted by Gasteiger charge is -2.39. The Kier molecular flexibility index (Phi) is 6.96. The first-order chi connectivity index (χ1) is 9.55. The normalized spacial score (nSPS) is 19.7. The molecule has 0 saturated heterocycles. The predicted octanol–water partition coefficient (Wildman–Crippen LogP) is 2.43. The van der Waals surface area contributed by atoms with E-state index in [9.17, 15) is 4.79 Å². The molecule has 0 amide bonds. The lowest BCUT2D eigenvalue weighted by atomic mass is 9.91. The molecule has 0 aromatic carbocycles. The molecule has 118 valence electrons. The van der Waals surface area contributed by atoms with Gasteiger partial charge in [-0.2, -0.15) is 0 Å². The van der Waals surface area contributed by atoms with Crippen molar-refractivity contribution in [1.29, 1.82) is 0 Å². The number of hydrogen-bond acceptors (Lipinski definition) is 4. The fraction of sp³-hybridized carbons (Fsp3) is 0.938. The van der Waals surface area contributed by atoms with Crippen LogP contribution in [0.5, 0.6) is 0 Å². The van der Waals surface area contributed by atoms with Crippen molar-refractivity contribution >= 4 is 5.97 Å². The van der Waals surface area contributed by atoms with Gasteiger partial charge >= 0.3 is 5.97 Å². The van der Waals surface area contributed by atoms with Gasteiger partial charge in [-0.1, -0.05) is 20.8 Å². The molecule has 1 aliphatic carbocycles. The number of carbonyl (C=O) groups excluding carboxylic acids is 1. The largest absolute Gasteiger partial charge is 0.468 e. The van der Waals surface area contributed by atoms with Crippen LogP contribution in [0, 0.1) is 5.92 Å². The summed E-state index contributed by atoms with van der Waals surface area (Å²) >= 11 is 0. The minimum atomic E-state index is -0.510. The second kappa shape index (κ2) is 7.99. The van der Waals surface area contributed by atoms with Crippen LogP contribution in [0.4, 0.5) is 0 Å². The Balaban J connectivity index is 2.92. The molecule has 0 heterocycles. The second-order valence-electron chi connectivity index (χ2n) is 5.98. The highest BCUT2D eigenvalue weighted by molar-refractivity contribution is 5.82. The molecular weight excluding hydrogens is 252 g/mol. The standard InChI is InChI=1S/C16H32N2O2/c1-6-11-17-16(14-9-10-14,15(19)20-5)12-18(8-3)13(4)7-2/h13-14,17H,6-12H2,1-5H3. The van der Waals surface area contributed by atoms with Crippen LogP contribution in [0.1, 0.15) is 53.4 Å². The summed E-state index contributed by atoms with van der Waals surface area (Å²) in [6, 6.07) is 0.492. The van der Waals surface area contributed by atoms with Crippen molar-refractivity contribution in [3.8, 4) is 0 Å². The Bertz CT molecular complexity index is 305. The van der Waals surface area contributed by atoms with E-state index in [-0.39, 0.29) is 5.97 Å². The maximum atomic E-state index is 12.5. The zero-order valence-electron chi connectivity index (χ0n) is 13.9. The molecule has 0 aromatic heterocycles. The van der Waals surface area contributed by atoms with Gasteiger partial charge in [0, 0.05) is 12.6 Å². The summed E-state index contributed by atoms with van der Waals surface area (Å²) in [5.41, 5.74) is -0.510. The number of nitrogens with one attached hydrogen (secondary N) is 1. The Morgan fingerprint density at radius 3 is 2.45 bits per heavy atom. The number of esters is 1. The summed E-state index contributed by atoms with van der Waals surface area (Å²) in [5, 5.41) is 3.52. The lowest BCUT2D eigenvalue weighted by molar-refractivity contribution is -0.151. The Morgan fingerprint density at radius 1 is 1.40 bits per heavy atom. The van der Waals surface area contributed by atoms with Gasteiger partial charge in [0.05, 0.1) is 7.11 Å². The predicted molar refractivity (Wildman–Crippen MR) is 82.8 cm³/mol. The zero-order chi connectivity index (χ0) is 15.2. The third-order valence-electron chi connectivity index (χ3n) is 4.59. The van der Waals surface area contributed by atoms with Crippen molar-refractivity contribution in [2.45, 2.75) is 65.0 Å². The molecule has 1 saturated carbocycles. The molecule has 2 atom stereocenters. The van der Waals surface area contributed by atoms with Gasteiger partial charge in [-0.15, -0.1) is 0 Å². The van der Waals surface area contributed by atoms with Gasteiger partial charge < -0.3 is 10.1 Å². The molecule has 0 aromatic rings. The molecular formula is C16H32N2O2. The number of likely N-dealkylation sites (N-methyl/N-ethyl adjacent to an activating group) is 1. The Morgan fingerprint density at radius 2 is 2.05 bits per heavy atom. The highest BCUT2D eigenvalue weighted by Crippen LogP contribution is 2.41. The molecule has 0 bridgehead atoms. The molecule has 1 N–H and O–H groups in total. The molecule has 4 nitrogen and oxygen atoms in total. The summed E-state index contributed by atoms with van der Waals surface area (Å²) in [5.74, 6) is 0.342. The molecule has 0 spiro atoms. The number of hydrogen-bond donors (Lipinski definition) is 1. The van der Waals surface area contributed by atoms with Crippen molar-refractivity contribution in [1.82, 2.24) is 10.2 Å². The van der Waals surface area contributed by atoms with Gasteiger partial charge in [-0.05, 0) is 51.6 Å². The minimum Gasteiger partial charge on any atom is -0.468 e. The van der Waals surface area contributed by atoms with Gasteiger partial charge in [0.15, 0.2) is 0 Å². The summed E-state index contributed by atoms with van der Waals surface area (Å²) < 4.78 is 5.14. The quantitative estimate of drug-likeness (QED) is 0.626. The zero-order valence-corrected chi connectivity index (χ0v) is 13.9. The van der Waals surface area contributed by atoms with Crippen LogP contribution in [0.25, 0.3) is 0 Å². The number of nitrogens with zero attached hydrogens (tertiary/aromatic N) is 1. The van der Waals surface area contributed by atoms with E-state index in [4.69, 9.17) is 4.74 Å². The van der Waals surface area contributed by atoms with E-state index >= 15 is 0 Å². The summed E-state index contributed by atoms with van der Waals surface area (Å²) in [6.07, 6.45) is 4.39. The summed E-state index contributed by atoms with van der Waals surface area (Å²) in [6.45, 7) is 11.3. The van der Waals surface area contributed by atoms with E-state index < -0.39 is 5.54 Å². The van der Waals surface area contributed by atoms with Crippen LogP contribution in [0.15, 0.2) is 0 Å². The van der Waals surface area contributed by atoms with Gasteiger partial charge in [0.25, 0.3) is 0 Å². The number of ether oxygens (including phenoxy) is 1. The first kappa shape index (κ1) is 17.4. The molecule has 2 unspecified atom stereocenters. The lowest BCUT2D eigenvalue weighted by Crippen LogP contribution is -2.62. The van der Waals surface area contributed by atoms with Crippen LogP contribution >= 0.6 is 0 Å². The van der Waals surface area contributed by atoms with E-state index in [1.54, 1.807) is 0 Å². The Hall–Kier alpha value is -0.610. The SMILES string of the molecule is CCCNC(CN(CC)C(C)CC)(C(=O)OC)C1CC1. The number of methoxy groups -OCH3 is 1.